The summed E-state index contributed by atoms with van der Waals surface area (Å²) < 4.78 is 5.35. The van der Waals surface area contributed by atoms with Gasteiger partial charge in [-0.2, -0.15) is 0 Å². The number of rotatable bonds is 6. The van der Waals surface area contributed by atoms with Crippen LogP contribution >= 0.6 is 11.6 Å². The van der Waals surface area contributed by atoms with Crippen LogP contribution in [0.4, 0.5) is 5.69 Å². The van der Waals surface area contributed by atoms with E-state index in [1.807, 2.05) is 12.1 Å². The highest BCUT2D eigenvalue weighted by atomic mass is 35.5. The maximum Gasteiger partial charge on any atom is 0.269 e. The standard InChI is InChI=1S/C19H15ClN2O4/c20-16-7-3-14(4-8-16)12-21(13-18-2-1-11-26-18)19(23)15-5-9-17(10-6-15)22(24)25/h1-11H,12-13H2. The lowest BCUT2D eigenvalue weighted by Crippen LogP contribution is -2.30. The molecule has 0 spiro atoms. The molecule has 0 radical (unpaired) electrons. The largest absolute Gasteiger partial charge is 0.467 e. The van der Waals surface area contributed by atoms with Gasteiger partial charge in [0.05, 0.1) is 17.7 Å². The Morgan fingerprint density at radius 1 is 1.04 bits per heavy atom. The zero-order chi connectivity index (χ0) is 18.5. The van der Waals surface area contributed by atoms with Gasteiger partial charge >= 0.3 is 0 Å². The highest BCUT2D eigenvalue weighted by molar-refractivity contribution is 6.30. The molecule has 0 N–H and O–H groups in total. The Labute approximate surface area is 154 Å². The number of benzene rings is 2. The minimum absolute atomic E-state index is 0.0585. The summed E-state index contributed by atoms with van der Waals surface area (Å²) in [5.74, 6) is 0.403. The Balaban J connectivity index is 1.84. The Hall–Kier alpha value is -3.12. The minimum Gasteiger partial charge on any atom is -0.467 e. The van der Waals surface area contributed by atoms with Crippen molar-refractivity contribution in [3.63, 3.8) is 0 Å². The monoisotopic (exact) mass is 370 g/mol. The molecule has 0 unspecified atom stereocenters. The third-order valence-corrected chi connectivity index (χ3v) is 4.08. The molecular weight excluding hydrogens is 356 g/mol. The number of hydrogen-bond donors (Lipinski definition) is 0. The first-order valence-electron chi connectivity index (χ1n) is 7.83. The Morgan fingerprint density at radius 3 is 2.31 bits per heavy atom. The van der Waals surface area contributed by atoms with E-state index in [2.05, 4.69) is 0 Å². The fourth-order valence-corrected chi connectivity index (χ4v) is 2.63. The molecule has 0 aliphatic heterocycles. The van der Waals surface area contributed by atoms with E-state index in [9.17, 15) is 14.9 Å². The highest BCUT2D eigenvalue weighted by Crippen LogP contribution is 2.18. The summed E-state index contributed by atoms with van der Waals surface area (Å²) in [5, 5.41) is 11.4. The van der Waals surface area contributed by atoms with Gasteiger partial charge in [-0.15, -0.1) is 0 Å². The SMILES string of the molecule is O=C(c1ccc([N+](=O)[O-])cc1)N(Cc1ccc(Cl)cc1)Cc1ccco1. The quantitative estimate of drug-likeness (QED) is 0.466. The summed E-state index contributed by atoms with van der Waals surface area (Å²) in [6, 6.07) is 16.3. The molecule has 0 saturated carbocycles. The lowest BCUT2D eigenvalue weighted by molar-refractivity contribution is -0.384. The molecule has 0 bridgehead atoms. The van der Waals surface area contributed by atoms with Crippen molar-refractivity contribution in [1.29, 1.82) is 0 Å². The second-order valence-electron chi connectivity index (χ2n) is 5.67. The number of carbonyl (C=O) groups is 1. The summed E-state index contributed by atoms with van der Waals surface area (Å²) in [6.45, 7) is 0.638. The Kier molecular flexibility index (Phi) is 5.34. The minimum atomic E-state index is -0.497. The molecule has 7 heteroatoms. The van der Waals surface area contributed by atoms with Crippen LogP contribution in [0.3, 0.4) is 0 Å². The predicted octanol–water partition coefficient (Wildman–Crippen LogP) is 4.68. The van der Waals surface area contributed by atoms with Crippen molar-refractivity contribution in [3.8, 4) is 0 Å². The number of carbonyl (C=O) groups excluding carboxylic acids is 1. The highest BCUT2D eigenvalue weighted by Gasteiger charge is 2.19. The smallest absolute Gasteiger partial charge is 0.269 e. The number of amides is 1. The van der Waals surface area contributed by atoms with Crippen molar-refractivity contribution >= 4 is 23.2 Å². The third kappa shape index (κ3) is 4.29. The van der Waals surface area contributed by atoms with Crippen LogP contribution in [0.5, 0.6) is 0 Å². The lowest BCUT2D eigenvalue weighted by Gasteiger charge is -2.22. The van der Waals surface area contributed by atoms with Crippen molar-refractivity contribution in [2.75, 3.05) is 0 Å². The fraction of sp³-hybridized carbons (Fsp3) is 0.105. The van der Waals surface area contributed by atoms with Gasteiger partial charge in [0.25, 0.3) is 11.6 Å². The maximum atomic E-state index is 12.9. The van der Waals surface area contributed by atoms with Gasteiger partial charge < -0.3 is 9.32 Å². The zero-order valence-electron chi connectivity index (χ0n) is 13.7. The molecule has 3 aromatic rings. The van der Waals surface area contributed by atoms with E-state index >= 15 is 0 Å². The third-order valence-electron chi connectivity index (χ3n) is 3.83. The average molecular weight is 371 g/mol. The van der Waals surface area contributed by atoms with Gasteiger partial charge in [-0.25, -0.2) is 0 Å². The predicted molar refractivity (Wildman–Crippen MR) is 96.8 cm³/mol. The molecular formula is C19H15ClN2O4. The van der Waals surface area contributed by atoms with Crippen LogP contribution in [0.1, 0.15) is 21.7 Å². The summed E-state index contributed by atoms with van der Waals surface area (Å²) in [5.41, 5.74) is 1.23. The number of halogens is 1. The van der Waals surface area contributed by atoms with E-state index in [0.29, 0.717) is 22.9 Å². The average Bonchev–Trinajstić information content (AvgIpc) is 3.15. The second-order valence-corrected chi connectivity index (χ2v) is 6.11. The van der Waals surface area contributed by atoms with Crippen molar-refractivity contribution < 1.29 is 14.1 Å². The first-order chi connectivity index (χ1) is 12.5. The molecule has 2 aromatic carbocycles. The van der Waals surface area contributed by atoms with Gasteiger partial charge in [0.15, 0.2) is 0 Å². The van der Waals surface area contributed by atoms with Gasteiger partial charge in [-0.3, -0.25) is 14.9 Å². The van der Waals surface area contributed by atoms with Crippen LogP contribution in [0.25, 0.3) is 0 Å². The number of nitrogens with zero attached hydrogens (tertiary/aromatic N) is 2. The number of furan rings is 1. The molecule has 132 valence electrons. The van der Waals surface area contributed by atoms with E-state index in [0.717, 1.165) is 5.56 Å². The van der Waals surface area contributed by atoms with Crippen LogP contribution < -0.4 is 0 Å². The van der Waals surface area contributed by atoms with Crippen LogP contribution in [-0.2, 0) is 13.1 Å². The molecule has 6 nitrogen and oxygen atoms in total. The Bertz CT molecular complexity index is 890. The molecule has 0 fully saturated rings. The molecule has 3 rings (SSSR count). The van der Waals surface area contributed by atoms with E-state index in [-0.39, 0.29) is 18.1 Å². The second kappa shape index (κ2) is 7.84. The molecule has 0 atom stereocenters. The van der Waals surface area contributed by atoms with Crippen LogP contribution in [0, 0.1) is 10.1 Å². The van der Waals surface area contributed by atoms with E-state index in [1.54, 1.807) is 35.4 Å². The fourth-order valence-electron chi connectivity index (χ4n) is 2.51. The normalized spacial score (nSPS) is 10.5. The van der Waals surface area contributed by atoms with Gasteiger partial charge in [-0.05, 0) is 42.0 Å². The van der Waals surface area contributed by atoms with Gasteiger partial charge in [-0.1, -0.05) is 23.7 Å². The van der Waals surface area contributed by atoms with Crippen molar-refractivity contribution in [3.05, 3.63) is 99.0 Å². The number of non-ortho nitro benzene ring substituents is 1. The molecule has 0 saturated heterocycles. The Morgan fingerprint density at radius 2 is 1.73 bits per heavy atom. The first kappa shape index (κ1) is 17.7. The summed E-state index contributed by atoms with van der Waals surface area (Å²) in [7, 11) is 0. The summed E-state index contributed by atoms with van der Waals surface area (Å²) >= 11 is 5.91. The van der Waals surface area contributed by atoms with Gasteiger partial charge in [0, 0.05) is 29.3 Å². The van der Waals surface area contributed by atoms with Gasteiger partial charge in [0.1, 0.15) is 5.76 Å². The number of nitro benzene ring substituents is 1. The molecule has 1 aromatic heterocycles. The van der Waals surface area contributed by atoms with E-state index in [1.165, 1.54) is 24.3 Å². The van der Waals surface area contributed by atoms with Crippen molar-refractivity contribution in [1.82, 2.24) is 4.90 Å². The first-order valence-corrected chi connectivity index (χ1v) is 8.21. The van der Waals surface area contributed by atoms with Crippen LogP contribution in [0.2, 0.25) is 5.02 Å². The van der Waals surface area contributed by atoms with Gasteiger partial charge in [0.2, 0.25) is 0 Å². The number of hydrogen-bond acceptors (Lipinski definition) is 4. The number of nitro groups is 1. The van der Waals surface area contributed by atoms with E-state index in [4.69, 9.17) is 16.0 Å². The maximum absolute atomic E-state index is 12.9. The summed E-state index contributed by atoms with van der Waals surface area (Å²) in [4.78, 5) is 24.8. The van der Waals surface area contributed by atoms with Crippen molar-refractivity contribution in [2.45, 2.75) is 13.1 Å². The lowest BCUT2D eigenvalue weighted by atomic mass is 10.1. The van der Waals surface area contributed by atoms with Crippen LogP contribution in [-0.4, -0.2) is 15.7 Å². The summed E-state index contributed by atoms with van der Waals surface area (Å²) in [6.07, 6.45) is 1.55. The van der Waals surface area contributed by atoms with E-state index < -0.39 is 4.92 Å². The van der Waals surface area contributed by atoms with Crippen LogP contribution in [0.15, 0.2) is 71.3 Å². The molecule has 0 aliphatic carbocycles. The topological polar surface area (TPSA) is 76.6 Å². The molecule has 1 heterocycles. The molecule has 0 aliphatic rings. The molecule has 26 heavy (non-hydrogen) atoms. The molecule has 1 amide bonds. The van der Waals surface area contributed by atoms with Crippen molar-refractivity contribution in [2.24, 2.45) is 0 Å². The zero-order valence-corrected chi connectivity index (χ0v) is 14.4.